The number of carbonyl (C=O) groups is 1. The van der Waals surface area contributed by atoms with Gasteiger partial charge in [0.25, 0.3) is 0 Å². The summed E-state index contributed by atoms with van der Waals surface area (Å²) in [6.45, 7) is 6.02. The van der Waals surface area contributed by atoms with Crippen LogP contribution in [0.2, 0.25) is 0 Å². The summed E-state index contributed by atoms with van der Waals surface area (Å²) in [6, 6.07) is 15.5. The number of carboxylic acids is 1. The fourth-order valence-electron chi connectivity index (χ4n) is 4.41. The summed E-state index contributed by atoms with van der Waals surface area (Å²) in [7, 11) is 0. The number of aryl methyl sites for hydroxylation is 1. The first-order chi connectivity index (χ1) is 16.5. The fourth-order valence-corrected chi connectivity index (χ4v) is 4.41. The highest BCUT2D eigenvalue weighted by Gasteiger charge is 2.43. The summed E-state index contributed by atoms with van der Waals surface area (Å²) in [5.74, 6) is -1.94. The molecule has 10 heteroatoms. The number of benzene rings is 2. The molecule has 35 heavy (non-hydrogen) atoms. The van der Waals surface area contributed by atoms with Crippen molar-refractivity contribution in [2.75, 3.05) is 13.1 Å². The molecule has 1 spiro atoms. The largest absolute Gasteiger partial charge is 0.490 e. The van der Waals surface area contributed by atoms with Gasteiger partial charge >= 0.3 is 12.1 Å². The molecule has 0 bridgehead atoms. The van der Waals surface area contributed by atoms with Crippen LogP contribution in [-0.4, -0.2) is 50.4 Å². The Morgan fingerprint density at radius 1 is 1.17 bits per heavy atom. The van der Waals surface area contributed by atoms with Crippen molar-refractivity contribution in [2.45, 2.75) is 44.8 Å². The van der Waals surface area contributed by atoms with Crippen LogP contribution in [0.15, 0.2) is 54.7 Å². The molecule has 1 aromatic heterocycles. The van der Waals surface area contributed by atoms with E-state index in [1.807, 2.05) is 12.3 Å². The SMILES string of the molecule is Cc1ccc(-c2cnc3n2CC2(CCN(Cc4cccc(F)c4)C2)OC3)cc1.O=C(O)C(F)(F)F. The zero-order chi connectivity index (χ0) is 25.2. The van der Waals surface area contributed by atoms with E-state index in [0.717, 1.165) is 49.7 Å². The summed E-state index contributed by atoms with van der Waals surface area (Å²) in [6.07, 6.45) is -2.14. The minimum absolute atomic E-state index is 0.175. The van der Waals surface area contributed by atoms with Crippen molar-refractivity contribution in [3.63, 3.8) is 0 Å². The molecule has 1 N–H and O–H groups in total. The van der Waals surface area contributed by atoms with E-state index >= 15 is 0 Å². The first kappa shape index (κ1) is 24.9. The van der Waals surface area contributed by atoms with E-state index in [0.29, 0.717) is 6.61 Å². The van der Waals surface area contributed by atoms with Gasteiger partial charge in [-0.2, -0.15) is 13.2 Å². The average molecular weight is 491 g/mol. The Morgan fingerprint density at radius 2 is 1.89 bits per heavy atom. The number of fused-ring (bicyclic) bond motifs is 1. The van der Waals surface area contributed by atoms with Crippen LogP contribution >= 0.6 is 0 Å². The summed E-state index contributed by atoms with van der Waals surface area (Å²) in [4.78, 5) is 15.8. The molecule has 1 unspecified atom stereocenters. The quantitative estimate of drug-likeness (QED) is 0.533. The van der Waals surface area contributed by atoms with Crippen LogP contribution in [0.5, 0.6) is 0 Å². The Labute approximate surface area is 199 Å². The number of likely N-dealkylation sites (tertiary alicyclic amines) is 1. The van der Waals surface area contributed by atoms with E-state index in [2.05, 4.69) is 45.6 Å². The van der Waals surface area contributed by atoms with E-state index < -0.39 is 12.1 Å². The summed E-state index contributed by atoms with van der Waals surface area (Å²) in [5, 5.41) is 7.12. The predicted molar refractivity (Wildman–Crippen MR) is 120 cm³/mol. The third kappa shape index (κ3) is 5.88. The molecule has 3 aromatic rings. The van der Waals surface area contributed by atoms with Crippen LogP contribution in [0, 0.1) is 12.7 Å². The monoisotopic (exact) mass is 491 g/mol. The molecule has 2 aliphatic rings. The van der Waals surface area contributed by atoms with Crippen molar-refractivity contribution < 1.29 is 32.2 Å². The number of imidazole rings is 1. The van der Waals surface area contributed by atoms with Gasteiger partial charge in [0.15, 0.2) is 0 Å². The second-order valence-corrected chi connectivity index (χ2v) is 8.88. The number of nitrogens with zero attached hydrogens (tertiary/aromatic N) is 3. The number of alkyl halides is 3. The van der Waals surface area contributed by atoms with Crippen LogP contribution in [0.3, 0.4) is 0 Å². The minimum atomic E-state index is -5.08. The lowest BCUT2D eigenvalue weighted by Crippen LogP contribution is -2.44. The topological polar surface area (TPSA) is 67.6 Å². The van der Waals surface area contributed by atoms with Gasteiger partial charge in [-0.3, -0.25) is 4.90 Å². The van der Waals surface area contributed by atoms with Crippen molar-refractivity contribution in [3.8, 4) is 11.3 Å². The van der Waals surface area contributed by atoms with E-state index in [4.69, 9.17) is 14.6 Å². The molecule has 2 aromatic carbocycles. The zero-order valence-corrected chi connectivity index (χ0v) is 19.1. The van der Waals surface area contributed by atoms with Gasteiger partial charge in [-0.05, 0) is 36.6 Å². The van der Waals surface area contributed by atoms with Crippen LogP contribution in [-0.2, 0) is 29.2 Å². The maximum Gasteiger partial charge on any atom is 0.490 e. The Morgan fingerprint density at radius 3 is 2.54 bits per heavy atom. The molecular formula is C25H25F4N3O3. The number of halogens is 4. The average Bonchev–Trinajstić information content (AvgIpc) is 3.38. The van der Waals surface area contributed by atoms with Gasteiger partial charge in [0.2, 0.25) is 0 Å². The number of rotatable bonds is 3. The summed E-state index contributed by atoms with van der Waals surface area (Å²) < 4.78 is 53.9. The van der Waals surface area contributed by atoms with Gasteiger partial charge in [-0.25, -0.2) is 14.2 Å². The second kappa shape index (κ2) is 9.79. The standard InChI is InChI=1S/C23H24FN3O.C2HF3O2/c1-17-5-7-19(8-6-17)21-12-25-22-14-28-23(16-27(21)22)9-10-26(15-23)13-18-3-2-4-20(24)11-18;3-2(4,5)1(6)7/h2-8,11-12H,9-10,13-16H2,1H3;(H,6,7). The van der Waals surface area contributed by atoms with Crippen molar-refractivity contribution in [2.24, 2.45) is 0 Å². The van der Waals surface area contributed by atoms with Gasteiger partial charge in [-0.1, -0.05) is 42.0 Å². The molecule has 0 aliphatic carbocycles. The predicted octanol–water partition coefficient (Wildman–Crippen LogP) is 4.81. The van der Waals surface area contributed by atoms with E-state index in [1.165, 1.54) is 17.2 Å². The Bertz CT molecular complexity index is 1190. The highest BCUT2D eigenvalue weighted by atomic mass is 19.4. The molecule has 1 atom stereocenters. The highest BCUT2D eigenvalue weighted by molar-refractivity contribution is 5.73. The first-order valence-corrected chi connectivity index (χ1v) is 11.1. The lowest BCUT2D eigenvalue weighted by molar-refractivity contribution is -0.192. The maximum absolute atomic E-state index is 13.5. The van der Waals surface area contributed by atoms with E-state index in [1.54, 1.807) is 12.1 Å². The normalized spacial score (nSPS) is 19.8. The van der Waals surface area contributed by atoms with Gasteiger partial charge in [-0.15, -0.1) is 0 Å². The minimum Gasteiger partial charge on any atom is -0.475 e. The third-order valence-corrected chi connectivity index (χ3v) is 6.17. The van der Waals surface area contributed by atoms with Crippen molar-refractivity contribution in [3.05, 3.63) is 77.5 Å². The van der Waals surface area contributed by atoms with Gasteiger partial charge in [0, 0.05) is 19.6 Å². The lowest BCUT2D eigenvalue weighted by atomic mass is 10.0. The number of aromatic nitrogens is 2. The number of carboxylic acid groups (broad SMARTS) is 1. The van der Waals surface area contributed by atoms with Crippen LogP contribution < -0.4 is 0 Å². The summed E-state index contributed by atoms with van der Waals surface area (Å²) in [5.41, 5.74) is 4.42. The van der Waals surface area contributed by atoms with E-state index in [-0.39, 0.29) is 11.4 Å². The molecule has 6 nitrogen and oxygen atoms in total. The molecule has 3 heterocycles. The second-order valence-electron chi connectivity index (χ2n) is 8.88. The maximum atomic E-state index is 13.5. The van der Waals surface area contributed by atoms with Crippen LogP contribution in [0.25, 0.3) is 11.3 Å². The molecule has 0 saturated carbocycles. The van der Waals surface area contributed by atoms with Gasteiger partial charge < -0.3 is 14.4 Å². The van der Waals surface area contributed by atoms with Gasteiger partial charge in [0.1, 0.15) is 23.8 Å². The molecule has 1 saturated heterocycles. The van der Waals surface area contributed by atoms with E-state index in [9.17, 15) is 17.6 Å². The number of ether oxygens (including phenoxy) is 1. The van der Waals surface area contributed by atoms with Gasteiger partial charge in [0.05, 0.1) is 18.4 Å². The Balaban J connectivity index is 0.000000364. The number of hydrogen-bond acceptors (Lipinski definition) is 4. The van der Waals surface area contributed by atoms with Crippen molar-refractivity contribution in [1.29, 1.82) is 0 Å². The van der Waals surface area contributed by atoms with Crippen molar-refractivity contribution in [1.82, 2.24) is 14.5 Å². The third-order valence-electron chi connectivity index (χ3n) is 6.17. The Kier molecular flexibility index (Phi) is 6.95. The summed E-state index contributed by atoms with van der Waals surface area (Å²) >= 11 is 0. The lowest BCUT2D eigenvalue weighted by Gasteiger charge is -2.35. The molecule has 2 aliphatic heterocycles. The highest BCUT2D eigenvalue weighted by Crippen LogP contribution is 2.35. The smallest absolute Gasteiger partial charge is 0.475 e. The first-order valence-electron chi connectivity index (χ1n) is 11.1. The number of hydrogen-bond donors (Lipinski definition) is 1. The fraction of sp³-hybridized carbons (Fsp3) is 0.360. The van der Waals surface area contributed by atoms with Crippen molar-refractivity contribution >= 4 is 5.97 Å². The molecule has 186 valence electrons. The Hall–Kier alpha value is -3.24. The van der Waals surface area contributed by atoms with Crippen LogP contribution in [0.1, 0.15) is 23.4 Å². The molecule has 1 fully saturated rings. The van der Waals surface area contributed by atoms with Crippen LogP contribution in [0.4, 0.5) is 17.6 Å². The molecular weight excluding hydrogens is 466 g/mol. The molecule has 0 radical (unpaired) electrons. The molecule has 5 rings (SSSR count). The molecule has 0 amide bonds. The zero-order valence-electron chi connectivity index (χ0n) is 19.1. The number of aliphatic carboxylic acids is 1.